The minimum atomic E-state index is -3.24. The van der Waals surface area contributed by atoms with E-state index >= 15 is 0 Å². The zero-order valence-electron chi connectivity index (χ0n) is 16.0. The molecule has 1 atom stereocenters. The van der Waals surface area contributed by atoms with Crippen LogP contribution in [0.2, 0.25) is 0 Å². The minimum Gasteiger partial charge on any atom is -0.381 e. The molecule has 0 bridgehead atoms. The summed E-state index contributed by atoms with van der Waals surface area (Å²) >= 11 is 0. The average Bonchev–Trinajstić information content (AvgIpc) is 2.73. The number of sulfonamides is 1. The zero-order chi connectivity index (χ0) is 19.3. The Morgan fingerprint density at radius 1 is 1.26 bits per heavy atom. The quantitative estimate of drug-likeness (QED) is 0.800. The van der Waals surface area contributed by atoms with E-state index in [1.54, 1.807) is 6.92 Å². The Balaban J connectivity index is 1.66. The topological polar surface area (TPSA) is 75.7 Å². The van der Waals surface area contributed by atoms with Crippen LogP contribution in [0.25, 0.3) is 0 Å². The minimum absolute atomic E-state index is 0.0344. The van der Waals surface area contributed by atoms with Gasteiger partial charge in [0.1, 0.15) is 0 Å². The molecule has 2 saturated heterocycles. The van der Waals surface area contributed by atoms with Crippen molar-refractivity contribution < 1.29 is 17.9 Å². The maximum atomic E-state index is 12.8. The molecule has 2 aliphatic heterocycles. The van der Waals surface area contributed by atoms with Crippen molar-refractivity contribution in [1.82, 2.24) is 9.62 Å². The van der Waals surface area contributed by atoms with Crippen LogP contribution in [0.15, 0.2) is 30.3 Å². The number of hydrogen-bond donors (Lipinski definition) is 1. The van der Waals surface area contributed by atoms with Gasteiger partial charge in [0.25, 0.3) is 0 Å². The summed E-state index contributed by atoms with van der Waals surface area (Å²) in [6.07, 6.45) is 3.22. The number of piperidine rings is 1. The second-order valence-corrected chi connectivity index (χ2v) is 9.83. The molecule has 2 fully saturated rings. The molecule has 1 aromatic carbocycles. The van der Waals surface area contributed by atoms with Gasteiger partial charge in [-0.3, -0.25) is 4.79 Å². The van der Waals surface area contributed by atoms with Crippen molar-refractivity contribution in [1.29, 1.82) is 0 Å². The highest BCUT2D eigenvalue weighted by atomic mass is 32.2. The molecule has 0 saturated carbocycles. The van der Waals surface area contributed by atoms with E-state index in [4.69, 9.17) is 4.74 Å². The van der Waals surface area contributed by atoms with Crippen molar-refractivity contribution in [2.75, 3.05) is 38.6 Å². The fourth-order valence-corrected chi connectivity index (χ4v) is 5.29. The molecule has 0 unspecified atom stereocenters. The summed E-state index contributed by atoms with van der Waals surface area (Å²) in [5.74, 6) is -0.223. The van der Waals surface area contributed by atoms with Crippen molar-refractivity contribution >= 4 is 15.9 Å². The summed E-state index contributed by atoms with van der Waals surface area (Å²) in [5.41, 5.74) is 1.12. The SMILES string of the molecule is CCS(=O)(=O)N1CCC[C@@H](C(=O)NCC2(c3ccccc3)CCOCC2)C1. The molecule has 1 amide bonds. The lowest BCUT2D eigenvalue weighted by molar-refractivity contribution is -0.126. The molecule has 0 radical (unpaired) electrons. The van der Waals surface area contributed by atoms with Crippen LogP contribution in [-0.2, 0) is 25.0 Å². The highest BCUT2D eigenvalue weighted by molar-refractivity contribution is 7.89. The van der Waals surface area contributed by atoms with Crippen molar-refractivity contribution in [2.24, 2.45) is 5.92 Å². The number of nitrogens with zero attached hydrogens (tertiary/aromatic N) is 1. The van der Waals surface area contributed by atoms with E-state index < -0.39 is 10.0 Å². The van der Waals surface area contributed by atoms with E-state index in [2.05, 4.69) is 17.4 Å². The monoisotopic (exact) mass is 394 g/mol. The zero-order valence-corrected chi connectivity index (χ0v) is 16.8. The summed E-state index contributed by atoms with van der Waals surface area (Å²) in [6.45, 7) is 4.41. The van der Waals surface area contributed by atoms with Gasteiger partial charge in [0.05, 0.1) is 11.7 Å². The Morgan fingerprint density at radius 3 is 2.63 bits per heavy atom. The van der Waals surface area contributed by atoms with Gasteiger partial charge >= 0.3 is 0 Å². The molecule has 27 heavy (non-hydrogen) atoms. The van der Waals surface area contributed by atoms with E-state index in [-0.39, 0.29) is 23.0 Å². The second kappa shape index (κ2) is 8.71. The van der Waals surface area contributed by atoms with Gasteiger partial charge < -0.3 is 10.1 Å². The molecule has 0 aliphatic carbocycles. The third-order valence-corrected chi connectivity index (χ3v) is 7.80. The average molecular weight is 395 g/mol. The number of carbonyl (C=O) groups is 1. The molecule has 2 heterocycles. The van der Waals surface area contributed by atoms with Gasteiger partial charge in [-0.1, -0.05) is 30.3 Å². The summed E-state index contributed by atoms with van der Waals surface area (Å²) < 4.78 is 31.3. The molecule has 150 valence electrons. The Bertz CT molecular complexity index is 730. The van der Waals surface area contributed by atoms with E-state index in [0.29, 0.717) is 32.8 Å². The van der Waals surface area contributed by atoms with Crippen LogP contribution in [0.5, 0.6) is 0 Å². The Labute approximate surface area is 162 Å². The molecule has 7 heteroatoms. The van der Waals surface area contributed by atoms with Gasteiger partial charge in [-0.15, -0.1) is 0 Å². The van der Waals surface area contributed by atoms with Crippen LogP contribution in [0, 0.1) is 5.92 Å². The maximum absolute atomic E-state index is 12.8. The molecule has 3 rings (SSSR count). The predicted octanol–water partition coefficient (Wildman–Crippen LogP) is 1.91. The summed E-state index contributed by atoms with van der Waals surface area (Å²) in [7, 11) is -3.24. The lowest BCUT2D eigenvalue weighted by Gasteiger charge is -2.38. The van der Waals surface area contributed by atoms with Gasteiger partial charge in [0.15, 0.2) is 0 Å². The lowest BCUT2D eigenvalue weighted by Crippen LogP contribution is -2.49. The number of carbonyl (C=O) groups excluding carboxylic acids is 1. The highest BCUT2D eigenvalue weighted by Gasteiger charge is 2.36. The number of rotatable bonds is 6. The number of hydrogen-bond acceptors (Lipinski definition) is 4. The summed E-state index contributed by atoms with van der Waals surface area (Å²) in [5, 5.41) is 3.14. The first-order valence-electron chi connectivity index (χ1n) is 9.86. The van der Waals surface area contributed by atoms with Crippen molar-refractivity contribution in [3.8, 4) is 0 Å². The third kappa shape index (κ3) is 4.70. The molecule has 2 aliphatic rings. The first-order valence-corrected chi connectivity index (χ1v) is 11.5. The van der Waals surface area contributed by atoms with E-state index in [9.17, 15) is 13.2 Å². The Kier molecular flexibility index (Phi) is 6.55. The largest absolute Gasteiger partial charge is 0.381 e. The fraction of sp³-hybridized carbons (Fsp3) is 0.650. The highest BCUT2D eigenvalue weighted by Crippen LogP contribution is 2.34. The molecular formula is C20H30N2O4S. The van der Waals surface area contributed by atoms with Gasteiger partial charge in [0.2, 0.25) is 15.9 Å². The standard InChI is InChI=1S/C20H30N2O4S/c1-2-27(24,25)22-12-6-7-17(15-22)19(23)21-16-20(10-13-26-14-11-20)18-8-4-3-5-9-18/h3-5,8-9,17H,2,6-7,10-16H2,1H3,(H,21,23)/t17-/m1/s1. The first-order chi connectivity index (χ1) is 13.0. The molecule has 0 spiro atoms. The number of amides is 1. The van der Waals surface area contributed by atoms with E-state index in [1.807, 2.05) is 18.2 Å². The predicted molar refractivity (Wildman–Crippen MR) is 105 cm³/mol. The van der Waals surface area contributed by atoms with Crippen LogP contribution in [0.1, 0.15) is 38.2 Å². The number of ether oxygens (including phenoxy) is 1. The van der Waals surface area contributed by atoms with Gasteiger partial charge in [-0.25, -0.2) is 12.7 Å². The molecule has 0 aromatic heterocycles. The maximum Gasteiger partial charge on any atom is 0.224 e. The summed E-state index contributed by atoms with van der Waals surface area (Å²) in [4.78, 5) is 12.8. The van der Waals surface area contributed by atoms with E-state index in [1.165, 1.54) is 9.87 Å². The van der Waals surface area contributed by atoms with Crippen LogP contribution in [-0.4, -0.2) is 57.2 Å². The molecule has 1 N–H and O–H groups in total. The number of nitrogens with one attached hydrogen (secondary N) is 1. The van der Waals surface area contributed by atoms with Gasteiger partial charge in [-0.2, -0.15) is 0 Å². The normalized spacial score (nSPS) is 23.7. The van der Waals surface area contributed by atoms with Crippen molar-refractivity contribution in [3.63, 3.8) is 0 Å². The van der Waals surface area contributed by atoms with Crippen LogP contribution in [0.4, 0.5) is 0 Å². The number of benzene rings is 1. The van der Waals surface area contributed by atoms with Gasteiger partial charge in [-0.05, 0) is 38.2 Å². The lowest BCUT2D eigenvalue weighted by atomic mass is 9.74. The van der Waals surface area contributed by atoms with Crippen LogP contribution >= 0.6 is 0 Å². The first kappa shape index (κ1) is 20.3. The third-order valence-electron chi connectivity index (χ3n) is 5.95. The van der Waals surface area contributed by atoms with Crippen molar-refractivity contribution in [2.45, 2.75) is 38.0 Å². The Hall–Kier alpha value is -1.44. The molecular weight excluding hydrogens is 364 g/mol. The van der Waals surface area contributed by atoms with E-state index in [0.717, 1.165) is 25.7 Å². The second-order valence-electron chi connectivity index (χ2n) is 7.57. The van der Waals surface area contributed by atoms with Gasteiger partial charge in [0, 0.05) is 38.3 Å². The van der Waals surface area contributed by atoms with Crippen molar-refractivity contribution in [3.05, 3.63) is 35.9 Å². The molecule has 6 nitrogen and oxygen atoms in total. The van der Waals surface area contributed by atoms with Crippen LogP contribution < -0.4 is 5.32 Å². The van der Waals surface area contributed by atoms with Crippen LogP contribution in [0.3, 0.4) is 0 Å². The Morgan fingerprint density at radius 2 is 1.96 bits per heavy atom. The fourth-order valence-electron chi connectivity index (χ4n) is 4.11. The summed E-state index contributed by atoms with van der Waals surface area (Å²) in [6, 6.07) is 10.3. The molecule has 1 aromatic rings. The smallest absolute Gasteiger partial charge is 0.224 e.